The van der Waals surface area contributed by atoms with Crippen LogP contribution in [-0.4, -0.2) is 39.9 Å². The van der Waals surface area contributed by atoms with Crippen LogP contribution in [0.4, 0.5) is 4.39 Å². The maximum absolute atomic E-state index is 12.9. The summed E-state index contributed by atoms with van der Waals surface area (Å²) in [5.41, 5.74) is 17.5. The summed E-state index contributed by atoms with van der Waals surface area (Å²) in [5.74, 6) is -0.229. The van der Waals surface area contributed by atoms with Crippen molar-refractivity contribution in [2.45, 2.75) is 20.7 Å². The minimum atomic E-state index is -2.16. The van der Waals surface area contributed by atoms with Gasteiger partial charge in [-0.15, -0.1) is 286 Å². The molecule has 0 aliphatic carbocycles. The van der Waals surface area contributed by atoms with Gasteiger partial charge in [0.05, 0.1) is 16.4 Å². The second kappa shape index (κ2) is 54.3. The molecule has 0 aliphatic heterocycles. The summed E-state index contributed by atoms with van der Waals surface area (Å²) in [5, 5.41) is 0. The molecule has 20 rings (SSSR count). The molecule has 0 unspecified atom stereocenters. The molecular formula is C115H85FIr4N8-8. The number of halogens is 1. The second-order valence-electron chi connectivity index (χ2n) is 26.1. The van der Waals surface area contributed by atoms with Gasteiger partial charge in [0.1, 0.15) is 5.82 Å². The first kappa shape index (κ1) is 70.5. The van der Waals surface area contributed by atoms with Crippen LogP contribution in [0.15, 0.2) is 461 Å². The fourth-order valence-corrected chi connectivity index (χ4v) is 11.4. The van der Waals surface area contributed by atoms with Gasteiger partial charge >= 0.3 is 0 Å². The van der Waals surface area contributed by atoms with E-state index in [-0.39, 0.29) is 138 Å². The molecule has 0 saturated carbocycles. The number of nitrogens with zero attached hydrogens (tertiary/aromatic N) is 8. The molecule has 0 spiro atoms. The first-order chi connectivity index (χ1) is 70.2. The zero-order chi connectivity index (χ0) is 104. The monoisotopic (exact) mass is 2390 g/mol. The molecule has 0 atom stereocenters. The summed E-state index contributed by atoms with van der Waals surface area (Å²) in [6.07, 6.45) is 6.26. The predicted molar refractivity (Wildman–Crippen MR) is 504 cm³/mol. The van der Waals surface area contributed by atoms with Crippen molar-refractivity contribution in [2.24, 2.45) is 0 Å². The summed E-state index contributed by atoms with van der Waals surface area (Å²) >= 11 is 0. The Labute approximate surface area is 836 Å². The quantitative estimate of drug-likeness (QED) is 0.111. The third-order valence-corrected chi connectivity index (χ3v) is 17.4. The van der Waals surface area contributed by atoms with E-state index in [1.54, 1.807) is 42.7 Å². The molecule has 8 aromatic heterocycles. The summed E-state index contributed by atoms with van der Waals surface area (Å²) in [7, 11) is 0. The Morgan fingerprint density at radius 2 is 0.664 bits per heavy atom. The van der Waals surface area contributed by atoms with E-state index in [2.05, 4.69) is 125 Å². The van der Waals surface area contributed by atoms with Gasteiger partial charge in [0.2, 0.25) is 0 Å². The molecule has 0 bridgehead atoms. The zero-order valence-electron chi connectivity index (χ0n) is 90.2. The largest absolute Gasteiger partial charge is 0.305 e. The molecule has 12 aromatic carbocycles. The normalized spacial score (nSPS) is 12.3. The zero-order valence-corrected chi connectivity index (χ0v) is 77.8. The summed E-state index contributed by atoms with van der Waals surface area (Å²) in [6.45, 7) is 1.28. The molecule has 8 heterocycles. The van der Waals surface area contributed by atoms with Gasteiger partial charge in [-0.2, -0.15) is 0 Å². The fraction of sp³-hybridized carbons (Fsp3) is 0.0261. The Bertz CT molecular complexity index is 7440. The van der Waals surface area contributed by atoms with Crippen LogP contribution in [0.5, 0.6) is 0 Å². The topological polar surface area (TPSA) is 103 Å². The van der Waals surface area contributed by atoms with Crippen LogP contribution in [0.25, 0.3) is 135 Å². The summed E-state index contributed by atoms with van der Waals surface area (Å²) in [4.78, 5) is 33.8. The molecule has 20 aromatic rings. The van der Waals surface area contributed by atoms with Crippen molar-refractivity contribution in [3.63, 3.8) is 0 Å². The first-order valence-corrected chi connectivity index (χ1v) is 38.6. The first-order valence-electron chi connectivity index (χ1n) is 49.6. The van der Waals surface area contributed by atoms with E-state index in [1.807, 2.05) is 256 Å². The third-order valence-electron chi connectivity index (χ3n) is 17.4. The van der Waals surface area contributed by atoms with Crippen molar-refractivity contribution in [2.75, 3.05) is 0 Å². The van der Waals surface area contributed by atoms with Crippen molar-refractivity contribution in [1.82, 2.24) is 39.9 Å². The van der Waals surface area contributed by atoms with Gasteiger partial charge in [0.15, 0.2) is 0 Å². The average Bonchev–Trinajstić information content (AvgIpc) is 0.740. The van der Waals surface area contributed by atoms with Crippen LogP contribution in [0, 0.1) is 75.0 Å². The number of hydrogen-bond acceptors (Lipinski definition) is 8. The molecule has 0 aliphatic rings. The minimum absolute atomic E-state index is 0. The van der Waals surface area contributed by atoms with Gasteiger partial charge in [0.25, 0.3) is 0 Å². The van der Waals surface area contributed by atoms with Gasteiger partial charge in [-0.3, -0.25) is 0 Å². The number of benzene rings is 12. The van der Waals surface area contributed by atoms with Gasteiger partial charge < -0.3 is 39.9 Å². The molecular weight excluding hydrogens is 2280 g/mol. The average molecular weight is 2390 g/mol. The molecule has 0 amide bonds. The van der Waals surface area contributed by atoms with Crippen LogP contribution in [0.1, 0.15) is 47.1 Å². The molecule has 0 saturated heterocycles. The summed E-state index contributed by atoms with van der Waals surface area (Å²) < 4.78 is 183. The Kier molecular flexibility index (Phi) is 29.9. The van der Waals surface area contributed by atoms with E-state index < -0.39 is 115 Å². The van der Waals surface area contributed by atoms with Crippen molar-refractivity contribution in [3.05, 3.63) is 533 Å². The third kappa shape index (κ3) is 31.5. The molecule has 0 N–H and O–H groups in total. The van der Waals surface area contributed by atoms with Crippen molar-refractivity contribution in [3.8, 4) is 135 Å². The van der Waals surface area contributed by atoms with E-state index in [0.717, 1.165) is 89.8 Å². The van der Waals surface area contributed by atoms with Crippen molar-refractivity contribution >= 4 is 0 Å². The Hall–Kier alpha value is -13.6. The SMILES string of the molecule is Cc1cccc(-c2[c-]cccc2)n1.Fc1ccc(-c2ccc(-c3[c-]cccc3)nc2)cc1.[2H]C([2H])([2H])c1cccc(-c2[c-]cccc2)n1.[2H]c1[c-]c(-c2nc([2H])c(-c3c([2H])c([2H])c([2H])c([2H])c3[2H])c([2H])c2[2H])c([2H])c(C)c1[2H].[2H]c1[c-]c(-c2nc([2H])c([2H])c([2H])c2[2H])c([2H])c([2H])c1[2H].[Ir].[Ir].[Ir].[Ir].[c-]1ccccc1-c1ccc(-c2ccccc2)cn1.[c-]1ccccc1-c1ccc(-c2ccccc2)cn1.[c-]1ccccc1-c1ccccn1. The standard InChI is InChI=1S/C18H14N.C17H11FN.2C17H12N.2C12H10N.2C11H8N.4Ir/c1-14-6-5-9-16(12-14)18-11-10-17(13-19-18)15-7-3-2-4-8-15;18-16-9-6-13(7-10-16)15-8-11-17(19-12-15)14-4-2-1-3-5-14;2*1-3-7-14(8-4-1)16-11-12-17(18-13-16)15-9-5-2-6-10-15;2*1-10-6-5-9-12(13-10)11-7-3-2-4-8-11;2*1-2-6-10(7-3-1)11-8-4-5-9-12-11;;;;/h2-8,10-13H,1H3;1-4,6-12H;2*1-9,11-13H;2*2-7,9H,1H3;2*1-6,8-9H;;;;/q8*-1;;;;/i2D,3D,4D,5D,6D,7D,8D,10D,11D,12D,13D;;;;1D3;;1D,2D,3D,4D,5D,6D,8D,9D;;;;;. The van der Waals surface area contributed by atoms with Gasteiger partial charge in [-0.25, -0.2) is 4.39 Å². The number of rotatable bonds is 12. The molecule has 4 radical (unpaired) electrons. The minimum Gasteiger partial charge on any atom is -0.305 e. The van der Waals surface area contributed by atoms with Crippen LogP contribution in [0.3, 0.4) is 0 Å². The number of aryl methyl sites for hydroxylation is 2. The van der Waals surface area contributed by atoms with Crippen LogP contribution in [0.2, 0.25) is 0 Å². The van der Waals surface area contributed by atoms with E-state index >= 15 is 0 Å². The van der Waals surface area contributed by atoms with Crippen LogP contribution >= 0.6 is 0 Å². The molecule has 128 heavy (non-hydrogen) atoms. The smallest absolute Gasteiger partial charge is 0.123 e. The predicted octanol–water partition coefficient (Wildman–Crippen LogP) is 28.1. The van der Waals surface area contributed by atoms with Crippen molar-refractivity contribution < 1.29 is 115 Å². The van der Waals surface area contributed by atoms with E-state index in [9.17, 15) is 4.39 Å². The Morgan fingerprint density at radius 1 is 0.258 bits per heavy atom. The summed E-state index contributed by atoms with van der Waals surface area (Å²) in [6, 6.07) is 118. The van der Waals surface area contributed by atoms with E-state index in [0.29, 0.717) is 5.69 Å². The maximum atomic E-state index is 12.9. The molecule has 13 heteroatoms. The number of hydrogen-bond donors (Lipinski definition) is 0. The van der Waals surface area contributed by atoms with Gasteiger partial charge in [-0.1, -0.05) is 207 Å². The van der Waals surface area contributed by atoms with Crippen LogP contribution in [-0.2, 0) is 80.4 Å². The van der Waals surface area contributed by atoms with E-state index in [1.165, 1.54) is 36.2 Å². The molecule has 636 valence electrons. The van der Waals surface area contributed by atoms with E-state index in [4.69, 9.17) is 30.2 Å². The number of aromatic nitrogens is 8. The van der Waals surface area contributed by atoms with Crippen molar-refractivity contribution in [1.29, 1.82) is 0 Å². The Morgan fingerprint density at radius 3 is 1.11 bits per heavy atom. The number of pyridine rings is 8. The maximum Gasteiger partial charge on any atom is 0.123 e. The van der Waals surface area contributed by atoms with Gasteiger partial charge in [-0.05, 0) is 146 Å². The fourth-order valence-electron chi connectivity index (χ4n) is 11.4. The van der Waals surface area contributed by atoms with Gasteiger partial charge in [0, 0.05) is 137 Å². The molecule has 0 fully saturated rings. The molecule has 8 nitrogen and oxygen atoms in total. The van der Waals surface area contributed by atoms with Crippen LogP contribution < -0.4 is 0 Å². The Balaban J connectivity index is 0.000000192. The second-order valence-corrected chi connectivity index (χ2v) is 26.1.